The van der Waals surface area contributed by atoms with Gasteiger partial charge in [-0.2, -0.15) is 0 Å². The maximum absolute atomic E-state index is 13.3. The summed E-state index contributed by atoms with van der Waals surface area (Å²) in [5.41, 5.74) is 1.48. The first-order valence-corrected chi connectivity index (χ1v) is 7.62. The van der Waals surface area contributed by atoms with Gasteiger partial charge in [-0.15, -0.1) is 0 Å². The minimum Gasteiger partial charge on any atom is -0.457 e. The molecule has 0 amide bonds. The summed E-state index contributed by atoms with van der Waals surface area (Å²) in [4.78, 5) is 0. The molecule has 2 aromatic carbocycles. The van der Waals surface area contributed by atoms with Crippen LogP contribution >= 0.6 is 15.9 Å². The van der Waals surface area contributed by atoms with Crippen LogP contribution in [-0.4, -0.2) is 5.11 Å². The Balaban J connectivity index is 2.43. The fraction of sp³-hybridized carbons (Fsp3) is 0.294. The Hall–Kier alpha value is -1.39. The maximum Gasteiger partial charge on any atom is 0.133 e. The highest BCUT2D eigenvalue weighted by Crippen LogP contribution is 2.35. The van der Waals surface area contributed by atoms with Gasteiger partial charge in [0.05, 0.1) is 6.10 Å². The van der Waals surface area contributed by atoms with Gasteiger partial charge >= 0.3 is 0 Å². The molecule has 0 aliphatic rings. The van der Waals surface area contributed by atoms with Gasteiger partial charge in [0.25, 0.3) is 0 Å². The van der Waals surface area contributed by atoms with Gasteiger partial charge in [0.2, 0.25) is 0 Å². The quantitative estimate of drug-likeness (QED) is 0.780. The van der Waals surface area contributed by atoms with Crippen molar-refractivity contribution in [1.29, 1.82) is 0 Å². The molecule has 2 aromatic rings. The zero-order chi connectivity index (χ0) is 15.6. The van der Waals surface area contributed by atoms with Crippen LogP contribution in [0.1, 0.15) is 43.9 Å². The number of hydrogen-bond donors (Lipinski definition) is 1. The van der Waals surface area contributed by atoms with E-state index in [0.717, 1.165) is 10.0 Å². The smallest absolute Gasteiger partial charge is 0.133 e. The molecule has 21 heavy (non-hydrogen) atoms. The second kappa shape index (κ2) is 6.58. The number of aliphatic hydroxyl groups is 1. The number of aliphatic hydroxyl groups excluding tert-OH is 1. The molecule has 0 saturated heterocycles. The van der Waals surface area contributed by atoms with Crippen molar-refractivity contribution in [1.82, 2.24) is 0 Å². The molecule has 2 nitrogen and oxygen atoms in total. The van der Waals surface area contributed by atoms with Gasteiger partial charge in [0.1, 0.15) is 17.3 Å². The van der Waals surface area contributed by atoms with Gasteiger partial charge in [-0.3, -0.25) is 0 Å². The summed E-state index contributed by atoms with van der Waals surface area (Å²) in [7, 11) is 0. The Kier molecular flexibility index (Phi) is 5.01. The molecule has 4 heteroatoms. The number of rotatable bonds is 4. The maximum atomic E-state index is 13.3. The highest BCUT2D eigenvalue weighted by molar-refractivity contribution is 9.10. The van der Waals surface area contributed by atoms with Crippen LogP contribution in [0.2, 0.25) is 0 Å². The Labute approximate surface area is 132 Å². The molecule has 1 N–H and O–H groups in total. The first-order chi connectivity index (χ1) is 9.88. The van der Waals surface area contributed by atoms with Crippen molar-refractivity contribution in [3.8, 4) is 11.5 Å². The Morgan fingerprint density at radius 2 is 1.62 bits per heavy atom. The van der Waals surface area contributed by atoms with E-state index < -0.39 is 11.9 Å². The first kappa shape index (κ1) is 16.0. The summed E-state index contributed by atoms with van der Waals surface area (Å²) in [5.74, 6) is 1.07. The summed E-state index contributed by atoms with van der Waals surface area (Å²) in [6, 6.07) is 9.94. The SMILES string of the molecule is CC(C)c1cc(Br)ccc1Oc1ccc(F)cc1C(C)O. The summed E-state index contributed by atoms with van der Waals surface area (Å²) in [6.45, 7) is 5.75. The minimum absolute atomic E-state index is 0.285. The lowest BCUT2D eigenvalue weighted by atomic mass is 10.0. The number of halogens is 2. The summed E-state index contributed by atoms with van der Waals surface area (Å²) in [5, 5.41) is 9.78. The van der Waals surface area contributed by atoms with Crippen molar-refractivity contribution in [3.63, 3.8) is 0 Å². The van der Waals surface area contributed by atoms with E-state index in [-0.39, 0.29) is 5.92 Å². The molecule has 112 valence electrons. The average molecular weight is 353 g/mol. The molecule has 0 aliphatic heterocycles. The van der Waals surface area contributed by atoms with Gasteiger partial charge in [-0.1, -0.05) is 29.8 Å². The van der Waals surface area contributed by atoms with Crippen LogP contribution in [0, 0.1) is 5.82 Å². The molecule has 0 radical (unpaired) electrons. The van der Waals surface area contributed by atoms with Gasteiger partial charge in [-0.25, -0.2) is 4.39 Å². The van der Waals surface area contributed by atoms with Gasteiger partial charge in [0, 0.05) is 10.0 Å². The number of benzene rings is 2. The Bertz CT molecular complexity index is 583. The normalized spacial score (nSPS) is 12.5. The van der Waals surface area contributed by atoms with Gasteiger partial charge in [-0.05, 0) is 54.8 Å². The van der Waals surface area contributed by atoms with E-state index in [4.69, 9.17) is 4.74 Å². The lowest BCUT2D eigenvalue weighted by Crippen LogP contribution is -1.99. The van der Waals surface area contributed by atoms with Crippen molar-refractivity contribution in [3.05, 3.63) is 57.8 Å². The van der Waals surface area contributed by atoms with Crippen LogP contribution < -0.4 is 4.74 Å². The predicted molar refractivity (Wildman–Crippen MR) is 85.3 cm³/mol. The van der Waals surface area contributed by atoms with E-state index in [2.05, 4.69) is 29.8 Å². The second-order valence-electron chi connectivity index (χ2n) is 5.30. The third-order valence-corrected chi connectivity index (χ3v) is 3.73. The molecule has 0 aliphatic carbocycles. The molecule has 0 aromatic heterocycles. The highest BCUT2D eigenvalue weighted by atomic mass is 79.9. The van der Waals surface area contributed by atoms with Gasteiger partial charge < -0.3 is 9.84 Å². The van der Waals surface area contributed by atoms with Crippen LogP contribution in [-0.2, 0) is 0 Å². The average Bonchev–Trinajstić information content (AvgIpc) is 2.42. The summed E-state index contributed by atoms with van der Waals surface area (Å²) in [6.07, 6.45) is -0.798. The third-order valence-electron chi connectivity index (χ3n) is 3.24. The molecule has 2 rings (SSSR count). The van der Waals surface area contributed by atoms with E-state index in [9.17, 15) is 9.50 Å². The summed E-state index contributed by atoms with van der Waals surface area (Å²) < 4.78 is 20.2. The van der Waals surface area contributed by atoms with E-state index >= 15 is 0 Å². The molecule has 1 atom stereocenters. The molecule has 0 heterocycles. The zero-order valence-electron chi connectivity index (χ0n) is 12.2. The highest BCUT2D eigenvalue weighted by Gasteiger charge is 2.14. The molecule has 0 fully saturated rings. The molecule has 0 bridgehead atoms. The Morgan fingerprint density at radius 1 is 1.00 bits per heavy atom. The van der Waals surface area contributed by atoms with E-state index in [1.807, 2.05) is 18.2 Å². The molecule has 1 unspecified atom stereocenters. The van der Waals surface area contributed by atoms with Crippen molar-refractivity contribution in [2.45, 2.75) is 32.8 Å². The number of ether oxygens (including phenoxy) is 1. The van der Waals surface area contributed by atoms with Crippen LogP contribution in [0.3, 0.4) is 0 Å². The second-order valence-corrected chi connectivity index (χ2v) is 6.21. The molecule has 0 saturated carbocycles. The van der Waals surface area contributed by atoms with Crippen LogP contribution in [0.15, 0.2) is 40.9 Å². The zero-order valence-corrected chi connectivity index (χ0v) is 13.8. The van der Waals surface area contributed by atoms with Gasteiger partial charge in [0.15, 0.2) is 0 Å². The number of hydrogen-bond acceptors (Lipinski definition) is 2. The van der Waals surface area contributed by atoms with Crippen molar-refractivity contribution in [2.24, 2.45) is 0 Å². The van der Waals surface area contributed by atoms with Crippen molar-refractivity contribution in [2.75, 3.05) is 0 Å². The largest absolute Gasteiger partial charge is 0.457 e. The van der Waals surface area contributed by atoms with Crippen LogP contribution in [0.25, 0.3) is 0 Å². The fourth-order valence-electron chi connectivity index (χ4n) is 2.12. The van der Waals surface area contributed by atoms with Crippen LogP contribution in [0.5, 0.6) is 11.5 Å². The van der Waals surface area contributed by atoms with Crippen molar-refractivity contribution >= 4 is 15.9 Å². The lowest BCUT2D eigenvalue weighted by Gasteiger charge is -2.17. The molecular formula is C17H18BrFO2. The lowest BCUT2D eigenvalue weighted by molar-refractivity contribution is 0.195. The van der Waals surface area contributed by atoms with E-state index in [1.165, 1.54) is 12.1 Å². The predicted octanol–water partition coefficient (Wildman–Crippen LogP) is 5.56. The minimum atomic E-state index is -0.798. The molecular weight excluding hydrogens is 335 g/mol. The van der Waals surface area contributed by atoms with Crippen LogP contribution in [0.4, 0.5) is 4.39 Å². The topological polar surface area (TPSA) is 29.5 Å². The summed E-state index contributed by atoms with van der Waals surface area (Å²) >= 11 is 3.45. The first-order valence-electron chi connectivity index (χ1n) is 6.83. The standard InChI is InChI=1S/C17H18BrFO2/c1-10(2)14-8-12(18)4-6-16(14)21-17-7-5-13(19)9-15(17)11(3)20/h4-11,20H,1-3H3. The fourth-order valence-corrected chi connectivity index (χ4v) is 2.50. The van der Waals surface area contributed by atoms with E-state index in [1.54, 1.807) is 13.0 Å². The van der Waals surface area contributed by atoms with Crippen molar-refractivity contribution < 1.29 is 14.2 Å². The monoisotopic (exact) mass is 352 g/mol. The Morgan fingerprint density at radius 3 is 2.24 bits per heavy atom. The molecule has 0 spiro atoms. The third kappa shape index (κ3) is 3.83. The van der Waals surface area contributed by atoms with E-state index in [0.29, 0.717) is 17.1 Å².